The zero-order valence-corrected chi connectivity index (χ0v) is 8.29. The Morgan fingerprint density at radius 2 is 2.29 bits per heavy atom. The normalized spacial score (nSPS) is 20.3. The van der Waals surface area contributed by atoms with Crippen LogP contribution < -0.4 is 5.32 Å². The van der Waals surface area contributed by atoms with Gasteiger partial charge in [-0.05, 0) is 25.5 Å². The van der Waals surface area contributed by atoms with Crippen molar-refractivity contribution in [3.63, 3.8) is 0 Å². The Bertz CT molecular complexity index is 423. The van der Waals surface area contributed by atoms with Crippen molar-refractivity contribution in [3.05, 3.63) is 35.7 Å². The lowest BCUT2D eigenvalue weighted by molar-refractivity contribution is 0.0945. The third kappa shape index (κ3) is 1.21. The van der Waals surface area contributed by atoms with Crippen molar-refractivity contribution in [2.24, 2.45) is 5.92 Å². The molecule has 1 aromatic rings. The molecule has 0 spiro atoms. The number of carbonyl (C=O) groups is 1. The van der Waals surface area contributed by atoms with Gasteiger partial charge in [-0.3, -0.25) is 4.79 Å². The van der Waals surface area contributed by atoms with E-state index in [0.717, 1.165) is 11.3 Å². The molecule has 0 aliphatic carbocycles. The molecule has 1 aliphatic rings. The van der Waals surface area contributed by atoms with E-state index in [1.165, 1.54) is 0 Å². The molecule has 2 heterocycles. The van der Waals surface area contributed by atoms with Crippen LogP contribution in [0.5, 0.6) is 0 Å². The molecule has 0 saturated carbocycles. The fourth-order valence-corrected chi connectivity index (χ4v) is 1.51. The lowest BCUT2D eigenvalue weighted by atomic mass is 9.93. The maximum Gasteiger partial charge on any atom is 0.175 e. The number of anilines is 1. The van der Waals surface area contributed by atoms with Crippen molar-refractivity contribution < 1.29 is 4.79 Å². The number of fused-ring (bicyclic) bond motifs is 1. The van der Waals surface area contributed by atoms with Crippen LogP contribution in [0.25, 0.3) is 0 Å². The number of Topliss-reactive ketones (excluding diaryl/α,β-unsaturated/α-hetero) is 1. The molecule has 1 aromatic heterocycles. The first-order valence-electron chi connectivity index (χ1n) is 4.56. The van der Waals surface area contributed by atoms with E-state index >= 15 is 0 Å². The van der Waals surface area contributed by atoms with E-state index in [2.05, 4.69) is 16.9 Å². The van der Waals surface area contributed by atoms with Crippen molar-refractivity contribution in [3.8, 4) is 0 Å². The lowest BCUT2D eigenvalue weighted by Crippen LogP contribution is -2.25. The van der Waals surface area contributed by atoms with Gasteiger partial charge in [0.2, 0.25) is 0 Å². The number of hydrogen-bond acceptors (Lipinski definition) is 3. The maximum absolute atomic E-state index is 11.8. The smallest absolute Gasteiger partial charge is 0.175 e. The first kappa shape index (κ1) is 8.94. The van der Waals surface area contributed by atoms with E-state index in [1.54, 1.807) is 6.20 Å². The van der Waals surface area contributed by atoms with E-state index in [0.29, 0.717) is 11.4 Å². The van der Waals surface area contributed by atoms with Gasteiger partial charge in [-0.2, -0.15) is 0 Å². The summed E-state index contributed by atoms with van der Waals surface area (Å²) in [4.78, 5) is 16.0. The molecule has 0 saturated heterocycles. The molecule has 72 valence electrons. The second-order valence-electron chi connectivity index (χ2n) is 3.65. The molecule has 1 N–H and O–H groups in total. The molecular formula is C11H12N2O. The van der Waals surface area contributed by atoms with Gasteiger partial charge in [-0.15, -0.1) is 0 Å². The molecule has 3 nitrogen and oxygen atoms in total. The lowest BCUT2D eigenvalue weighted by Gasteiger charge is -2.23. The number of rotatable bonds is 0. The number of allylic oxidation sites excluding steroid dienone is 1. The largest absolute Gasteiger partial charge is 0.343 e. The molecule has 1 atom stereocenters. The highest BCUT2D eigenvalue weighted by molar-refractivity contribution is 6.05. The van der Waals surface area contributed by atoms with Gasteiger partial charge < -0.3 is 5.32 Å². The van der Waals surface area contributed by atoms with Gasteiger partial charge >= 0.3 is 0 Å². The summed E-state index contributed by atoms with van der Waals surface area (Å²) in [7, 11) is 0. The number of nitrogens with zero attached hydrogens (tertiary/aromatic N) is 1. The fourth-order valence-electron chi connectivity index (χ4n) is 1.51. The van der Waals surface area contributed by atoms with E-state index in [4.69, 9.17) is 0 Å². The summed E-state index contributed by atoms with van der Waals surface area (Å²) in [6.07, 6.45) is 1.74. The van der Waals surface area contributed by atoms with Gasteiger partial charge in [-0.1, -0.05) is 6.58 Å². The average Bonchev–Trinajstić information content (AvgIpc) is 2.16. The first-order chi connectivity index (χ1) is 6.59. The Morgan fingerprint density at radius 1 is 1.57 bits per heavy atom. The van der Waals surface area contributed by atoms with Crippen LogP contribution in [-0.4, -0.2) is 10.8 Å². The number of hydrogen-bond donors (Lipinski definition) is 1. The Kier molecular flexibility index (Phi) is 1.88. The number of nitrogens with one attached hydrogen (secondary N) is 1. The van der Waals surface area contributed by atoms with E-state index in [-0.39, 0.29) is 11.7 Å². The molecule has 2 rings (SSSR count). The highest BCUT2D eigenvalue weighted by atomic mass is 16.1. The standard InChI is InChI=1S/C11H12N2O/c1-6-4-9-10(14)7(2)8(3)13-11(9)12-5-6/h4-5,7H,3H2,1-2H3,(H,12,13). The molecule has 14 heavy (non-hydrogen) atoms. The summed E-state index contributed by atoms with van der Waals surface area (Å²) in [5.41, 5.74) is 2.39. The van der Waals surface area contributed by atoms with Crippen LogP contribution in [0.4, 0.5) is 5.82 Å². The Morgan fingerprint density at radius 3 is 3.00 bits per heavy atom. The minimum atomic E-state index is -0.161. The average molecular weight is 188 g/mol. The fraction of sp³-hybridized carbons (Fsp3) is 0.273. The number of pyridine rings is 1. The van der Waals surface area contributed by atoms with Crippen molar-refractivity contribution in [1.82, 2.24) is 4.98 Å². The van der Waals surface area contributed by atoms with Crippen molar-refractivity contribution in [1.29, 1.82) is 0 Å². The molecule has 0 bridgehead atoms. The number of aryl methyl sites for hydroxylation is 1. The molecule has 3 heteroatoms. The minimum absolute atomic E-state index is 0.0972. The summed E-state index contributed by atoms with van der Waals surface area (Å²) in [6.45, 7) is 7.57. The summed E-state index contributed by atoms with van der Waals surface area (Å²) < 4.78 is 0. The molecular weight excluding hydrogens is 176 g/mol. The second-order valence-corrected chi connectivity index (χ2v) is 3.65. The summed E-state index contributed by atoms with van der Waals surface area (Å²) in [5.74, 6) is 0.565. The molecule has 0 aromatic carbocycles. The van der Waals surface area contributed by atoms with E-state index in [1.807, 2.05) is 19.9 Å². The van der Waals surface area contributed by atoms with Crippen molar-refractivity contribution >= 4 is 11.6 Å². The highest BCUT2D eigenvalue weighted by Gasteiger charge is 2.27. The highest BCUT2D eigenvalue weighted by Crippen LogP contribution is 2.28. The van der Waals surface area contributed by atoms with Crippen LogP contribution in [-0.2, 0) is 0 Å². The molecule has 0 radical (unpaired) electrons. The van der Waals surface area contributed by atoms with Crippen LogP contribution >= 0.6 is 0 Å². The van der Waals surface area contributed by atoms with Gasteiger partial charge in [-0.25, -0.2) is 4.98 Å². The van der Waals surface area contributed by atoms with Gasteiger partial charge in [0, 0.05) is 11.9 Å². The van der Waals surface area contributed by atoms with Gasteiger partial charge in [0.25, 0.3) is 0 Å². The third-order valence-electron chi connectivity index (χ3n) is 2.48. The minimum Gasteiger partial charge on any atom is -0.343 e. The molecule has 1 unspecified atom stereocenters. The van der Waals surface area contributed by atoms with Gasteiger partial charge in [0.1, 0.15) is 5.82 Å². The zero-order chi connectivity index (χ0) is 10.3. The van der Waals surface area contributed by atoms with Crippen LogP contribution in [0.1, 0.15) is 22.8 Å². The Balaban J connectivity index is 2.57. The van der Waals surface area contributed by atoms with Crippen LogP contribution in [0.3, 0.4) is 0 Å². The van der Waals surface area contributed by atoms with Crippen molar-refractivity contribution in [2.45, 2.75) is 13.8 Å². The zero-order valence-electron chi connectivity index (χ0n) is 8.29. The summed E-state index contributed by atoms with van der Waals surface area (Å²) >= 11 is 0. The molecule has 1 aliphatic heterocycles. The van der Waals surface area contributed by atoms with Crippen molar-refractivity contribution in [2.75, 3.05) is 5.32 Å². The second kappa shape index (κ2) is 2.94. The first-order valence-corrected chi connectivity index (χ1v) is 4.56. The van der Waals surface area contributed by atoms with Crippen LogP contribution in [0.15, 0.2) is 24.5 Å². The topological polar surface area (TPSA) is 42.0 Å². The summed E-state index contributed by atoms with van der Waals surface area (Å²) in [6, 6.07) is 1.86. The van der Waals surface area contributed by atoms with Crippen LogP contribution in [0, 0.1) is 12.8 Å². The predicted octanol–water partition coefficient (Wildman–Crippen LogP) is 2.15. The number of ketones is 1. The maximum atomic E-state index is 11.8. The SMILES string of the molecule is C=C1Nc2ncc(C)cc2C(=O)C1C. The monoisotopic (exact) mass is 188 g/mol. The van der Waals surface area contributed by atoms with Gasteiger partial charge in [0.15, 0.2) is 5.78 Å². The molecule has 0 amide bonds. The Hall–Kier alpha value is -1.64. The third-order valence-corrected chi connectivity index (χ3v) is 2.48. The quantitative estimate of drug-likeness (QED) is 0.678. The van der Waals surface area contributed by atoms with Crippen LogP contribution in [0.2, 0.25) is 0 Å². The van der Waals surface area contributed by atoms with E-state index < -0.39 is 0 Å². The number of aromatic nitrogens is 1. The summed E-state index contributed by atoms with van der Waals surface area (Å²) in [5, 5.41) is 3.04. The Labute approximate surface area is 82.9 Å². The number of carbonyl (C=O) groups excluding carboxylic acids is 1. The predicted molar refractivity (Wildman–Crippen MR) is 55.2 cm³/mol. The van der Waals surface area contributed by atoms with Gasteiger partial charge in [0.05, 0.1) is 11.5 Å². The molecule has 0 fully saturated rings. The van der Waals surface area contributed by atoms with E-state index in [9.17, 15) is 4.79 Å².